The van der Waals surface area contributed by atoms with Crippen LogP contribution in [0.15, 0.2) is 36.5 Å². The topological polar surface area (TPSA) is 54.5 Å². The molecule has 0 spiro atoms. The minimum atomic E-state index is 0. The normalized spacial score (nSPS) is 30.8. The second-order valence-corrected chi connectivity index (χ2v) is 8.63. The molecule has 154 valence electrons. The van der Waals surface area contributed by atoms with Gasteiger partial charge in [0.1, 0.15) is 11.9 Å². The van der Waals surface area contributed by atoms with Gasteiger partial charge in [0.2, 0.25) is 5.91 Å². The average Bonchev–Trinajstić information content (AvgIpc) is 3.04. The molecular weight excluding hydrogens is 409 g/mol. The Hall–Kier alpha value is -1.82. The molecule has 1 N–H and O–H groups in total. The predicted molar refractivity (Wildman–Crippen MR) is 117 cm³/mol. The zero-order chi connectivity index (χ0) is 18.0. The molecule has 4 bridgehead atoms. The number of fused-ring (bicyclic) bond motifs is 1. The Kier molecular flexibility index (Phi) is 5.49. The lowest BCUT2D eigenvalue weighted by molar-refractivity contribution is -0.115. The zero-order valence-electron chi connectivity index (χ0n) is 16.0. The van der Waals surface area contributed by atoms with Crippen LogP contribution in [0.2, 0.25) is 0 Å². The maximum atomic E-state index is 11.5. The van der Waals surface area contributed by atoms with Crippen LogP contribution in [-0.2, 0) is 11.2 Å². The first kappa shape index (κ1) is 20.5. The van der Waals surface area contributed by atoms with Crippen LogP contribution in [-0.4, -0.2) is 41.5 Å². The minimum absolute atomic E-state index is 0. The highest BCUT2D eigenvalue weighted by atomic mass is 35.5. The fourth-order valence-electron chi connectivity index (χ4n) is 5.72. The van der Waals surface area contributed by atoms with E-state index >= 15 is 0 Å². The third-order valence-corrected chi connectivity index (χ3v) is 6.74. The molecule has 1 saturated carbocycles. The van der Waals surface area contributed by atoms with E-state index in [0.29, 0.717) is 24.4 Å². The van der Waals surface area contributed by atoms with Gasteiger partial charge in [-0.05, 0) is 48.6 Å². The van der Waals surface area contributed by atoms with Gasteiger partial charge in [-0.3, -0.25) is 9.78 Å². The van der Waals surface area contributed by atoms with Gasteiger partial charge in [0.25, 0.3) is 0 Å². The SMILES string of the molecule is Cl.Cl.O=C1Cc2cc(-c3ccc(OC4[C@H]5CC6C[C@H]4CN(C6)C5)cn3)ccc2N1. The lowest BCUT2D eigenvalue weighted by Gasteiger charge is -2.55. The monoisotopic (exact) mass is 433 g/mol. The summed E-state index contributed by atoms with van der Waals surface area (Å²) in [7, 11) is 0. The number of aromatic nitrogens is 1. The molecule has 2 aromatic rings. The van der Waals surface area contributed by atoms with Crippen molar-refractivity contribution in [2.45, 2.75) is 25.4 Å². The zero-order valence-corrected chi connectivity index (χ0v) is 17.7. The first-order chi connectivity index (χ1) is 13.2. The summed E-state index contributed by atoms with van der Waals surface area (Å²) in [5.41, 5.74) is 3.92. The van der Waals surface area contributed by atoms with E-state index in [1.54, 1.807) is 0 Å². The molecule has 4 aliphatic heterocycles. The van der Waals surface area contributed by atoms with Gasteiger partial charge in [0.15, 0.2) is 0 Å². The van der Waals surface area contributed by atoms with E-state index in [0.717, 1.165) is 34.2 Å². The van der Waals surface area contributed by atoms with Crippen molar-refractivity contribution in [3.63, 3.8) is 0 Å². The summed E-state index contributed by atoms with van der Waals surface area (Å²) in [5.74, 6) is 3.19. The van der Waals surface area contributed by atoms with Crippen molar-refractivity contribution >= 4 is 36.4 Å². The molecule has 29 heavy (non-hydrogen) atoms. The highest BCUT2D eigenvalue weighted by Gasteiger charge is 2.48. The summed E-state index contributed by atoms with van der Waals surface area (Å²) in [4.78, 5) is 18.8. The molecule has 1 aromatic carbocycles. The van der Waals surface area contributed by atoms with Gasteiger partial charge in [-0.1, -0.05) is 6.07 Å². The number of hydrogen-bond acceptors (Lipinski definition) is 4. The number of halogens is 2. The number of ether oxygens (including phenoxy) is 1. The number of anilines is 1. The number of nitrogens with zero attached hydrogens (tertiary/aromatic N) is 2. The summed E-state index contributed by atoms with van der Waals surface area (Å²) < 4.78 is 6.43. The van der Waals surface area contributed by atoms with E-state index in [2.05, 4.69) is 21.3 Å². The highest BCUT2D eigenvalue weighted by molar-refractivity contribution is 5.99. The molecule has 5 aliphatic rings. The maximum absolute atomic E-state index is 11.5. The number of rotatable bonds is 3. The molecule has 0 radical (unpaired) electrons. The average molecular weight is 434 g/mol. The molecule has 0 unspecified atom stereocenters. The lowest BCUT2D eigenvalue weighted by atomic mass is 9.66. The molecular formula is C22H25Cl2N3O2. The summed E-state index contributed by atoms with van der Waals surface area (Å²) in [6.07, 6.45) is 5.31. The van der Waals surface area contributed by atoms with E-state index in [1.807, 2.05) is 30.5 Å². The van der Waals surface area contributed by atoms with E-state index < -0.39 is 0 Å². The molecule has 4 fully saturated rings. The van der Waals surface area contributed by atoms with Gasteiger partial charge >= 0.3 is 0 Å². The van der Waals surface area contributed by atoms with Crippen molar-refractivity contribution in [1.82, 2.24) is 9.88 Å². The number of pyridine rings is 1. The Morgan fingerprint density at radius 2 is 1.83 bits per heavy atom. The number of amides is 1. The Bertz CT molecular complexity index is 891. The van der Waals surface area contributed by atoms with Crippen molar-refractivity contribution < 1.29 is 9.53 Å². The second-order valence-electron chi connectivity index (χ2n) is 8.63. The first-order valence-corrected chi connectivity index (χ1v) is 9.99. The molecule has 1 aliphatic carbocycles. The number of piperidine rings is 3. The van der Waals surface area contributed by atoms with Gasteiger partial charge in [-0.15, -0.1) is 24.8 Å². The van der Waals surface area contributed by atoms with Crippen LogP contribution in [0.4, 0.5) is 5.69 Å². The number of nitrogens with one attached hydrogen (secondary N) is 1. The van der Waals surface area contributed by atoms with Gasteiger partial charge in [0, 0.05) is 42.7 Å². The minimum Gasteiger partial charge on any atom is -0.488 e. The quantitative estimate of drug-likeness (QED) is 0.799. The molecule has 5 heterocycles. The Labute approximate surface area is 183 Å². The standard InChI is InChI=1S/C22H23N3O2.2ClH/c26-21-8-15-7-14(1-3-20(15)24-21)19-4-2-18(9-23-19)27-22-16-5-13-6-17(22)12-25(10-13)11-16;;/h1-4,7,9,13,16-17,22H,5-6,8,10-12H2,(H,24,26);2*1H/t13?,16-,17-,22?;;/m0../s1. The van der Waals surface area contributed by atoms with Crippen molar-refractivity contribution in [2.24, 2.45) is 17.8 Å². The van der Waals surface area contributed by atoms with Crippen LogP contribution < -0.4 is 10.1 Å². The van der Waals surface area contributed by atoms with Crippen molar-refractivity contribution in [3.8, 4) is 17.0 Å². The number of benzene rings is 1. The molecule has 7 heteroatoms. The molecule has 7 rings (SSSR count). The third-order valence-electron chi connectivity index (χ3n) is 6.74. The Morgan fingerprint density at radius 1 is 1.03 bits per heavy atom. The predicted octanol–water partition coefficient (Wildman–Crippen LogP) is 3.81. The first-order valence-electron chi connectivity index (χ1n) is 9.99. The fourth-order valence-corrected chi connectivity index (χ4v) is 5.72. The molecule has 1 amide bonds. The summed E-state index contributed by atoms with van der Waals surface area (Å²) in [6.45, 7) is 3.70. The fraction of sp³-hybridized carbons (Fsp3) is 0.455. The van der Waals surface area contributed by atoms with Gasteiger partial charge in [-0.25, -0.2) is 0 Å². The van der Waals surface area contributed by atoms with Crippen LogP contribution in [0.3, 0.4) is 0 Å². The number of carbonyl (C=O) groups excluding carboxylic acids is 1. The van der Waals surface area contributed by atoms with Crippen LogP contribution in [0.5, 0.6) is 5.75 Å². The Morgan fingerprint density at radius 3 is 2.52 bits per heavy atom. The van der Waals surface area contributed by atoms with Crippen LogP contribution in [0.1, 0.15) is 18.4 Å². The van der Waals surface area contributed by atoms with Gasteiger partial charge in [-0.2, -0.15) is 0 Å². The Balaban J connectivity index is 0.00000102. The van der Waals surface area contributed by atoms with E-state index in [-0.39, 0.29) is 30.7 Å². The van der Waals surface area contributed by atoms with Crippen molar-refractivity contribution in [3.05, 3.63) is 42.1 Å². The summed E-state index contributed by atoms with van der Waals surface area (Å²) in [6, 6.07) is 10.1. The van der Waals surface area contributed by atoms with Crippen LogP contribution in [0, 0.1) is 17.8 Å². The summed E-state index contributed by atoms with van der Waals surface area (Å²) in [5, 5.41) is 2.87. The van der Waals surface area contributed by atoms with Crippen molar-refractivity contribution in [1.29, 1.82) is 0 Å². The number of carbonyl (C=O) groups is 1. The molecule has 2 atom stereocenters. The van der Waals surface area contributed by atoms with Gasteiger partial charge in [0.05, 0.1) is 18.3 Å². The lowest BCUT2D eigenvalue weighted by Crippen LogP contribution is -2.61. The largest absolute Gasteiger partial charge is 0.488 e. The van der Waals surface area contributed by atoms with E-state index in [9.17, 15) is 4.79 Å². The molecule has 3 saturated heterocycles. The van der Waals surface area contributed by atoms with Gasteiger partial charge < -0.3 is 15.0 Å². The van der Waals surface area contributed by atoms with E-state index in [4.69, 9.17) is 4.74 Å². The highest BCUT2D eigenvalue weighted by Crippen LogP contribution is 2.45. The second kappa shape index (κ2) is 7.78. The molecule has 5 nitrogen and oxygen atoms in total. The summed E-state index contributed by atoms with van der Waals surface area (Å²) >= 11 is 0. The number of hydrogen-bond donors (Lipinski definition) is 1. The maximum Gasteiger partial charge on any atom is 0.228 e. The van der Waals surface area contributed by atoms with E-state index in [1.165, 1.54) is 32.5 Å². The third kappa shape index (κ3) is 3.60. The smallest absolute Gasteiger partial charge is 0.228 e. The van der Waals surface area contributed by atoms with Crippen molar-refractivity contribution in [2.75, 3.05) is 25.0 Å². The van der Waals surface area contributed by atoms with Crippen LogP contribution in [0.25, 0.3) is 11.3 Å². The van der Waals surface area contributed by atoms with Crippen LogP contribution >= 0.6 is 24.8 Å². The molecule has 1 aromatic heterocycles.